The zero-order chi connectivity index (χ0) is 10.3. The fraction of sp³-hybridized carbons (Fsp3) is 0.889. The standard InChI is InChI=1S/C9H18O4/c1-5-6-7-12-9(2,3)13-8(10)11-4/h5-7H2,1-4H3. The summed E-state index contributed by atoms with van der Waals surface area (Å²) in [6.07, 6.45) is 1.28. The maximum atomic E-state index is 10.7. The zero-order valence-electron chi connectivity index (χ0n) is 8.75. The van der Waals surface area contributed by atoms with Crippen LogP contribution in [0.2, 0.25) is 0 Å². The molecule has 0 rings (SSSR count). The average molecular weight is 190 g/mol. The Balaban J connectivity index is 3.72. The summed E-state index contributed by atoms with van der Waals surface area (Å²) in [5, 5.41) is 0. The van der Waals surface area contributed by atoms with E-state index in [1.54, 1.807) is 13.8 Å². The van der Waals surface area contributed by atoms with Crippen molar-refractivity contribution in [3.8, 4) is 0 Å². The molecule has 0 aromatic heterocycles. The molecule has 0 unspecified atom stereocenters. The van der Waals surface area contributed by atoms with E-state index in [9.17, 15) is 4.79 Å². The number of carbonyl (C=O) groups is 1. The van der Waals surface area contributed by atoms with Gasteiger partial charge in [0, 0.05) is 13.8 Å². The van der Waals surface area contributed by atoms with E-state index in [0.717, 1.165) is 12.8 Å². The summed E-state index contributed by atoms with van der Waals surface area (Å²) in [4.78, 5) is 10.7. The zero-order valence-corrected chi connectivity index (χ0v) is 8.75. The molecule has 0 atom stereocenters. The van der Waals surface area contributed by atoms with Gasteiger partial charge >= 0.3 is 6.16 Å². The van der Waals surface area contributed by atoms with Crippen LogP contribution in [-0.4, -0.2) is 25.7 Å². The van der Waals surface area contributed by atoms with Crippen molar-refractivity contribution in [2.75, 3.05) is 13.7 Å². The van der Waals surface area contributed by atoms with Crippen molar-refractivity contribution in [3.63, 3.8) is 0 Å². The molecule has 4 heteroatoms. The molecule has 0 aliphatic heterocycles. The van der Waals surface area contributed by atoms with Crippen LogP contribution in [0.25, 0.3) is 0 Å². The van der Waals surface area contributed by atoms with Crippen LogP contribution in [0.3, 0.4) is 0 Å². The van der Waals surface area contributed by atoms with E-state index >= 15 is 0 Å². The Hall–Kier alpha value is -0.770. The first-order valence-corrected chi connectivity index (χ1v) is 4.42. The van der Waals surface area contributed by atoms with Crippen molar-refractivity contribution in [1.82, 2.24) is 0 Å². The van der Waals surface area contributed by atoms with Gasteiger partial charge in [-0.15, -0.1) is 0 Å². The first-order chi connectivity index (χ1) is 6.02. The predicted octanol–water partition coefficient (Wildman–Crippen LogP) is 2.32. The van der Waals surface area contributed by atoms with E-state index in [2.05, 4.69) is 11.7 Å². The molecule has 4 nitrogen and oxygen atoms in total. The Kier molecular flexibility index (Phi) is 5.46. The molecule has 0 aromatic rings. The Morgan fingerprint density at radius 3 is 2.46 bits per heavy atom. The molecule has 0 aliphatic carbocycles. The molecule has 0 aromatic carbocycles. The minimum atomic E-state index is -0.901. The summed E-state index contributed by atoms with van der Waals surface area (Å²) in [7, 11) is 1.27. The monoisotopic (exact) mass is 190 g/mol. The van der Waals surface area contributed by atoms with E-state index in [0.29, 0.717) is 6.61 Å². The lowest BCUT2D eigenvalue weighted by molar-refractivity contribution is -0.187. The molecule has 0 amide bonds. The van der Waals surface area contributed by atoms with Gasteiger partial charge in [0.2, 0.25) is 5.79 Å². The number of methoxy groups -OCH3 is 1. The highest BCUT2D eigenvalue weighted by molar-refractivity contribution is 5.59. The number of ether oxygens (including phenoxy) is 3. The summed E-state index contributed by atoms with van der Waals surface area (Å²) in [6.45, 7) is 6.01. The molecule has 0 aliphatic rings. The van der Waals surface area contributed by atoms with Gasteiger partial charge in [-0.1, -0.05) is 13.3 Å². The fourth-order valence-corrected chi connectivity index (χ4v) is 0.734. The fourth-order valence-electron chi connectivity index (χ4n) is 0.734. The molecular weight excluding hydrogens is 172 g/mol. The number of hydrogen-bond donors (Lipinski definition) is 0. The maximum Gasteiger partial charge on any atom is 0.510 e. The van der Waals surface area contributed by atoms with Gasteiger partial charge in [-0.2, -0.15) is 0 Å². The molecule has 0 radical (unpaired) electrons. The number of carbonyl (C=O) groups excluding carboxylic acids is 1. The second kappa shape index (κ2) is 5.80. The summed E-state index contributed by atoms with van der Waals surface area (Å²) in [5.41, 5.74) is 0. The van der Waals surface area contributed by atoms with Crippen molar-refractivity contribution in [2.24, 2.45) is 0 Å². The van der Waals surface area contributed by atoms with E-state index in [1.807, 2.05) is 0 Å². The average Bonchev–Trinajstić information content (AvgIpc) is 2.03. The second-order valence-electron chi connectivity index (χ2n) is 3.16. The number of unbranched alkanes of at least 4 members (excludes halogenated alkanes) is 1. The minimum Gasteiger partial charge on any atom is -0.438 e. The van der Waals surface area contributed by atoms with Crippen LogP contribution in [-0.2, 0) is 14.2 Å². The van der Waals surface area contributed by atoms with Crippen molar-refractivity contribution < 1.29 is 19.0 Å². The summed E-state index contributed by atoms with van der Waals surface area (Å²) < 4.78 is 14.5. The molecule has 0 heterocycles. The van der Waals surface area contributed by atoms with Crippen LogP contribution in [0.4, 0.5) is 4.79 Å². The molecule has 0 saturated carbocycles. The largest absolute Gasteiger partial charge is 0.510 e. The SMILES string of the molecule is CCCCOC(C)(C)OC(=O)OC. The van der Waals surface area contributed by atoms with Crippen LogP contribution in [0.15, 0.2) is 0 Å². The lowest BCUT2D eigenvalue weighted by Crippen LogP contribution is -2.31. The van der Waals surface area contributed by atoms with Gasteiger partial charge in [-0.05, 0) is 6.42 Å². The van der Waals surface area contributed by atoms with Gasteiger partial charge in [0.25, 0.3) is 0 Å². The minimum absolute atomic E-state index is 0.584. The van der Waals surface area contributed by atoms with Gasteiger partial charge in [0.05, 0.1) is 13.7 Å². The molecule has 0 spiro atoms. The third-order valence-electron chi connectivity index (χ3n) is 1.44. The third-order valence-corrected chi connectivity index (χ3v) is 1.44. The van der Waals surface area contributed by atoms with Crippen LogP contribution in [0.5, 0.6) is 0 Å². The van der Waals surface area contributed by atoms with Gasteiger partial charge in [-0.25, -0.2) is 4.79 Å². The van der Waals surface area contributed by atoms with Crippen LogP contribution in [0.1, 0.15) is 33.6 Å². The second-order valence-corrected chi connectivity index (χ2v) is 3.16. The van der Waals surface area contributed by atoms with Crippen molar-refractivity contribution in [3.05, 3.63) is 0 Å². The van der Waals surface area contributed by atoms with Crippen LogP contribution in [0, 0.1) is 0 Å². The maximum absolute atomic E-state index is 10.7. The highest BCUT2D eigenvalue weighted by Crippen LogP contribution is 2.12. The third kappa shape index (κ3) is 6.40. The Morgan fingerprint density at radius 2 is 2.00 bits per heavy atom. The summed E-state index contributed by atoms with van der Waals surface area (Å²) in [6, 6.07) is 0. The smallest absolute Gasteiger partial charge is 0.438 e. The van der Waals surface area contributed by atoms with Crippen LogP contribution < -0.4 is 0 Å². The van der Waals surface area contributed by atoms with Gasteiger partial charge in [-0.3, -0.25) is 0 Å². The molecular formula is C9H18O4. The highest BCUT2D eigenvalue weighted by Gasteiger charge is 2.23. The predicted molar refractivity (Wildman–Crippen MR) is 48.4 cm³/mol. The topological polar surface area (TPSA) is 44.8 Å². The van der Waals surface area contributed by atoms with Crippen molar-refractivity contribution in [1.29, 1.82) is 0 Å². The van der Waals surface area contributed by atoms with E-state index in [1.165, 1.54) is 7.11 Å². The highest BCUT2D eigenvalue weighted by atomic mass is 16.8. The van der Waals surface area contributed by atoms with Gasteiger partial charge < -0.3 is 14.2 Å². The molecule has 0 N–H and O–H groups in total. The Morgan fingerprint density at radius 1 is 1.38 bits per heavy atom. The first-order valence-electron chi connectivity index (χ1n) is 4.42. The number of rotatable bonds is 5. The molecule has 78 valence electrons. The van der Waals surface area contributed by atoms with Crippen molar-refractivity contribution in [2.45, 2.75) is 39.4 Å². The lowest BCUT2D eigenvalue weighted by Gasteiger charge is -2.24. The quantitative estimate of drug-likeness (QED) is 0.379. The summed E-state index contributed by atoms with van der Waals surface area (Å²) >= 11 is 0. The molecule has 0 saturated heterocycles. The first kappa shape index (κ1) is 12.2. The van der Waals surface area contributed by atoms with Crippen LogP contribution >= 0.6 is 0 Å². The Labute approximate surface area is 79.2 Å². The normalized spacial score (nSPS) is 11.1. The molecule has 13 heavy (non-hydrogen) atoms. The van der Waals surface area contributed by atoms with E-state index < -0.39 is 11.9 Å². The van der Waals surface area contributed by atoms with Gasteiger partial charge in [0.15, 0.2) is 0 Å². The lowest BCUT2D eigenvalue weighted by atomic mass is 10.3. The number of hydrogen-bond acceptors (Lipinski definition) is 4. The Bertz CT molecular complexity index is 154. The summed E-state index contributed by atoms with van der Waals surface area (Å²) in [5.74, 6) is -0.901. The molecule has 0 bridgehead atoms. The van der Waals surface area contributed by atoms with E-state index in [-0.39, 0.29) is 0 Å². The molecule has 0 fully saturated rings. The van der Waals surface area contributed by atoms with E-state index in [4.69, 9.17) is 9.47 Å². The van der Waals surface area contributed by atoms with Crippen molar-refractivity contribution >= 4 is 6.16 Å². The van der Waals surface area contributed by atoms with Gasteiger partial charge in [0.1, 0.15) is 0 Å².